The molecule has 0 bridgehead atoms. The highest BCUT2D eigenvalue weighted by molar-refractivity contribution is 6.56. The normalized spacial score (nSPS) is 7.00. The van der Waals surface area contributed by atoms with Crippen LogP contribution in [0.1, 0.15) is 0 Å². The molecule has 0 unspecified atom stereocenters. The van der Waals surface area contributed by atoms with Crippen molar-refractivity contribution in [2.45, 2.75) is 0 Å². The van der Waals surface area contributed by atoms with Gasteiger partial charge in [0.1, 0.15) is 10.2 Å². The molecule has 3 heteroatoms. The maximum absolute atomic E-state index is 9.28. The fourth-order valence-electron chi connectivity index (χ4n) is 0. The van der Waals surface area contributed by atoms with Crippen molar-refractivity contribution in [3.05, 3.63) is 0 Å². The summed E-state index contributed by atoms with van der Waals surface area (Å²) in [5.41, 5.74) is 4.34. The number of nitrogens with two attached hydrogens (primary N) is 1. The van der Waals surface area contributed by atoms with Gasteiger partial charge in [0, 0.05) is 0 Å². The van der Waals surface area contributed by atoms with Crippen LogP contribution in [-0.4, -0.2) is 15.8 Å². The molecule has 24 valence electrons. The molecule has 2 nitrogen and oxygen atoms in total. The van der Waals surface area contributed by atoms with Gasteiger partial charge in [-0.05, 0) is 0 Å². The second-order valence-corrected chi connectivity index (χ2v) is 1.60. The first-order valence-corrected chi connectivity index (χ1v) is 1.99. The summed E-state index contributed by atoms with van der Waals surface area (Å²) in [6.45, 7) is 0. The summed E-state index contributed by atoms with van der Waals surface area (Å²) in [5, 5.41) is 0. The molecule has 0 atom stereocenters. The number of carbonyl (C=O) groups is 1. The van der Waals surface area contributed by atoms with E-state index in [0.29, 0.717) is 10.2 Å². The fourth-order valence-corrected chi connectivity index (χ4v) is 0. The van der Waals surface area contributed by atoms with E-state index in [9.17, 15) is 4.79 Å². The van der Waals surface area contributed by atoms with Crippen LogP contribution in [0.2, 0.25) is 0 Å². The zero-order valence-corrected chi connectivity index (χ0v) is 4.49. The van der Waals surface area contributed by atoms with Gasteiger partial charge >= 0.3 is 0 Å². The number of amides is 1. The Morgan fingerprint density at radius 2 is 2.00 bits per heavy atom. The standard InChI is InChI=1S/CH5NOSi/c2-1(3)4/h4H3,(H2,2,3). The highest BCUT2D eigenvalue weighted by atomic mass is 28.1. The van der Waals surface area contributed by atoms with Crippen LogP contribution in [0.15, 0.2) is 0 Å². The van der Waals surface area contributed by atoms with E-state index in [1.54, 1.807) is 0 Å². The van der Waals surface area contributed by atoms with Gasteiger partial charge in [-0.2, -0.15) is 0 Å². The summed E-state index contributed by atoms with van der Waals surface area (Å²) in [6, 6.07) is 0. The van der Waals surface area contributed by atoms with Gasteiger partial charge in [0.15, 0.2) is 5.53 Å². The van der Waals surface area contributed by atoms with E-state index in [2.05, 4.69) is 5.73 Å². The number of primary amides is 1. The van der Waals surface area contributed by atoms with E-state index >= 15 is 0 Å². The fraction of sp³-hybridized carbons (Fsp3) is 0. The van der Waals surface area contributed by atoms with E-state index in [0.717, 1.165) is 0 Å². The maximum atomic E-state index is 9.28. The highest BCUT2D eigenvalue weighted by Crippen LogP contribution is 1.33. The lowest BCUT2D eigenvalue weighted by Crippen LogP contribution is -2.05. The van der Waals surface area contributed by atoms with Crippen LogP contribution in [0, 0.1) is 0 Å². The Hall–Kier alpha value is -0.313. The summed E-state index contributed by atoms with van der Waals surface area (Å²) in [7, 11) is 0.488. The number of carbonyl (C=O) groups excluding carboxylic acids is 1. The third kappa shape index (κ3) is 8.12. The Labute approximate surface area is 27.4 Å². The second kappa shape index (κ2) is 1.06. The van der Waals surface area contributed by atoms with Crippen LogP contribution in [0.5, 0.6) is 0 Å². The molecule has 0 saturated carbocycles. The lowest BCUT2D eigenvalue weighted by atomic mass is 11.5. The molecule has 0 spiro atoms. The molecule has 0 aliphatic rings. The Morgan fingerprint density at radius 1 is 2.00 bits per heavy atom. The minimum Gasteiger partial charge on any atom is -0.375 e. The van der Waals surface area contributed by atoms with Gasteiger partial charge in [0.25, 0.3) is 0 Å². The van der Waals surface area contributed by atoms with Crippen molar-refractivity contribution < 1.29 is 4.79 Å². The van der Waals surface area contributed by atoms with E-state index in [1.165, 1.54) is 0 Å². The smallest absolute Gasteiger partial charge is 0.178 e. The van der Waals surface area contributed by atoms with Gasteiger partial charge < -0.3 is 5.73 Å². The molecular formula is CH5NOSi. The quantitative estimate of drug-likeness (QED) is 0.347. The molecule has 0 aromatic rings. The first-order valence-electron chi connectivity index (χ1n) is 0.993. The lowest BCUT2D eigenvalue weighted by molar-refractivity contribution is 0.266. The van der Waals surface area contributed by atoms with Gasteiger partial charge in [-0.3, -0.25) is 4.79 Å². The molecule has 2 N–H and O–H groups in total. The van der Waals surface area contributed by atoms with Crippen LogP contribution < -0.4 is 5.73 Å². The molecule has 4 heavy (non-hydrogen) atoms. The zero-order valence-electron chi connectivity index (χ0n) is 2.49. The molecular weight excluding hydrogens is 70.1 g/mol. The summed E-state index contributed by atoms with van der Waals surface area (Å²) < 4.78 is 0. The molecule has 1 amide bonds. The van der Waals surface area contributed by atoms with Crippen molar-refractivity contribution in [1.29, 1.82) is 0 Å². The molecule has 0 aliphatic carbocycles. The molecule has 0 radical (unpaired) electrons. The molecule has 0 fully saturated rings. The second-order valence-electron chi connectivity index (χ2n) is 0.611. The molecule has 0 aromatic heterocycles. The van der Waals surface area contributed by atoms with Crippen molar-refractivity contribution >= 4 is 15.8 Å². The number of hydrogen-bond acceptors (Lipinski definition) is 1. The predicted octanol–water partition coefficient (Wildman–Crippen LogP) is -1.57. The van der Waals surface area contributed by atoms with E-state index in [-0.39, 0.29) is 5.53 Å². The largest absolute Gasteiger partial charge is 0.375 e. The minimum atomic E-state index is -0.194. The first kappa shape index (κ1) is 3.69. The first-order chi connectivity index (χ1) is 1.73. The third-order valence-corrected chi connectivity index (χ3v) is 0. The van der Waals surface area contributed by atoms with Gasteiger partial charge in [-0.25, -0.2) is 0 Å². The topological polar surface area (TPSA) is 43.1 Å². The van der Waals surface area contributed by atoms with Gasteiger partial charge in [-0.15, -0.1) is 0 Å². The molecule has 0 saturated heterocycles. The lowest BCUT2D eigenvalue weighted by Gasteiger charge is -1.60. The van der Waals surface area contributed by atoms with Gasteiger partial charge in [0.05, 0.1) is 0 Å². The zero-order chi connectivity index (χ0) is 3.58. The predicted molar refractivity (Wildman–Crippen MR) is 19.5 cm³/mol. The third-order valence-electron chi connectivity index (χ3n) is 0. The molecule has 0 aliphatic heterocycles. The van der Waals surface area contributed by atoms with Crippen molar-refractivity contribution in [1.82, 2.24) is 0 Å². The maximum Gasteiger partial charge on any atom is 0.178 e. The van der Waals surface area contributed by atoms with Gasteiger partial charge in [0.2, 0.25) is 0 Å². The number of rotatable bonds is 0. The van der Waals surface area contributed by atoms with Crippen molar-refractivity contribution in [2.24, 2.45) is 5.73 Å². The van der Waals surface area contributed by atoms with Crippen LogP contribution in [0.3, 0.4) is 0 Å². The Morgan fingerprint density at radius 3 is 2.00 bits per heavy atom. The molecule has 0 rings (SSSR count). The van der Waals surface area contributed by atoms with E-state index in [4.69, 9.17) is 0 Å². The summed E-state index contributed by atoms with van der Waals surface area (Å²) in [5.74, 6) is 0. The van der Waals surface area contributed by atoms with E-state index < -0.39 is 0 Å². The summed E-state index contributed by atoms with van der Waals surface area (Å²) in [4.78, 5) is 9.28. The van der Waals surface area contributed by atoms with Crippen LogP contribution in [0.25, 0.3) is 0 Å². The van der Waals surface area contributed by atoms with Gasteiger partial charge in [-0.1, -0.05) is 0 Å². The van der Waals surface area contributed by atoms with Crippen molar-refractivity contribution in [2.75, 3.05) is 0 Å². The number of hydrogen-bond donors (Lipinski definition) is 1. The molecule has 0 heterocycles. The summed E-state index contributed by atoms with van der Waals surface area (Å²) in [6.07, 6.45) is 0. The highest BCUT2D eigenvalue weighted by Gasteiger charge is 1.61. The summed E-state index contributed by atoms with van der Waals surface area (Å²) >= 11 is 0. The minimum absolute atomic E-state index is 0.194. The Balaban J connectivity index is 2.80. The van der Waals surface area contributed by atoms with E-state index in [1.807, 2.05) is 0 Å². The molecule has 0 aromatic carbocycles. The average molecular weight is 75.1 g/mol. The van der Waals surface area contributed by atoms with Crippen molar-refractivity contribution in [3.63, 3.8) is 0 Å². The van der Waals surface area contributed by atoms with Crippen LogP contribution in [-0.2, 0) is 0 Å². The van der Waals surface area contributed by atoms with Crippen molar-refractivity contribution in [3.8, 4) is 0 Å². The van der Waals surface area contributed by atoms with Crippen LogP contribution in [0.4, 0.5) is 4.79 Å². The monoisotopic (exact) mass is 75.0 g/mol. The Bertz CT molecular complexity index is 31.0. The SMILES string of the molecule is NC(=O)[SiH3]. The Kier molecular flexibility index (Phi) is 0.976. The van der Waals surface area contributed by atoms with Crippen LogP contribution >= 0.6 is 0 Å². The average Bonchev–Trinajstić information content (AvgIpc) is 0.811.